The molecule has 21 heavy (non-hydrogen) atoms. The molecule has 2 rings (SSSR count). The Bertz CT molecular complexity index is 340. The Kier molecular flexibility index (Phi) is 5.67. The second kappa shape index (κ2) is 7.10. The molecule has 0 bridgehead atoms. The van der Waals surface area contributed by atoms with Gasteiger partial charge < -0.3 is 10.6 Å². The largest absolute Gasteiger partial charge is 0.354 e. The van der Waals surface area contributed by atoms with Crippen molar-refractivity contribution < 1.29 is 4.79 Å². The topological polar surface area (TPSA) is 44.4 Å². The van der Waals surface area contributed by atoms with Gasteiger partial charge in [0.1, 0.15) is 0 Å². The standard InChI is InChI=1S/C17H33N3O/c1-13-9-14(2)11-20(10-13)17(3,4)12-19-16(21)15-5-7-18-8-6-15/h13-15,18H,5-12H2,1-4H3,(H,19,21). The molecule has 1 amide bonds. The van der Waals surface area contributed by atoms with Gasteiger partial charge in [0, 0.05) is 31.1 Å². The van der Waals surface area contributed by atoms with Gasteiger partial charge in [-0.3, -0.25) is 9.69 Å². The number of nitrogens with zero attached hydrogens (tertiary/aromatic N) is 1. The highest BCUT2D eigenvalue weighted by Gasteiger charge is 2.33. The van der Waals surface area contributed by atoms with Crippen LogP contribution < -0.4 is 10.6 Å². The van der Waals surface area contributed by atoms with Crippen molar-refractivity contribution >= 4 is 5.91 Å². The number of hydrogen-bond donors (Lipinski definition) is 2. The highest BCUT2D eigenvalue weighted by atomic mass is 16.1. The molecule has 4 heteroatoms. The van der Waals surface area contributed by atoms with E-state index in [4.69, 9.17) is 0 Å². The van der Waals surface area contributed by atoms with E-state index in [1.807, 2.05) is 0 Å². The molecule has 0 aromatic rings. The molecule has 2 fully saturated rings. The predicted octanol–water partition coefficient (Wildman–Crippen LogP) is 1.86. The summed E-state index contributed by atoms with van der Waals surface area (Å²) in [5.41, 5.74) is 0.0471. The number of hydrogen-bond acceptors (Lipinski definition) is 3. The summed E-state index contributed by atoms with van der Waals surface area (Å²) in [7, 11) is 0. The molecule has 2 atom stereocenters. The highest BCUT2D eigenvalue weighted by Crippen LogP contribution is 2.27. The molecule has 2 aliphatic heterocycles. The van der Waals surface area contributed by atoms with Crippen LogP contribution in [0.3, 0.4) is 0 Å². The summed E-state index contributed by atoms with van der Waals surface area (Å²) in [6, 6.07) is 0. The molecule has 2 N–H and O–H groups in total. The average molecular weight is 295 g/mol. The van der Waals surface area contributed by atoms with Crippen molar-refractivity contribution in [2.24, 2.45) is 17.8 Å². The molecule has 2 aliphatic rings. The molecule has 4 nitrogen and oxygen atoms in total. The Morgan fingerprint density at radius 3 is 2.33 bits per heavy atom. The smallest absolute Gasteiger partial charge is 0.223 e. The Hall–Kier alpha value is -0.610. The quantitative estimate of drug-likeness (QED) is 0.832. The van der Waals surface area contributed by atoms with Crippen molar-refractivity contribution in [3.63, 3.8) is 0 Å². The Morgan fingerprint density at radius 2 is 1.76 bits per heavy atom. The molecule has 2 saturated heterocycles. The zero-order valence-corrected chi connectivity index (χ0v) is 14.2. The van der Waals surface area contributed by atoms with Gasteiger partial charge in [0.2, 0.25) is 5.91 Å². The zero-order valence-electron chi connectivity index (χ0n) is 14.2. The second-order valence-electron chi connectivity index (χ2n) is 7.91. The molecule has 0 spiro atoms. The van der Waals surface area contributed by atoms with E-state index in [1.54, 1.807) is 0 Å². The van der Waals surface area contributed by atoms with Crippen LogP contribution >= 0.6 is 0 Å². The van der Waals surface area contributed by atoms with E-state index in [-0.39, 0.29) is 17.4 Å². The number of amides is 1. The maximum absolute atomic E-state index is 12.3. The van der Waals surface area contributed by atoms with Gasteiger partial charge in [0.25, 0.3) is 0 Å². The van der Waals surface area contributed by atoms with Gasteiger partial charge in [0.15, 0.2) is 0 Å². The molecule has 0 saturated carbocycles. The molecule has 0 aromatic heterocycles. The monoisotopic (exact) mass is 295 g/mol. The SMILES string of the molecule is CC1CC(C)CN(C(C)(C)CNC(=O)C2CCNCC2)C1. The maximum atomic E-state index is 12.3. The third kappa shape index (κ3) is 4.68. The fourth-order valence-corrected chi connectivity index (χ4v) is 3.80. The number of likely N-dealkylation sites (tertiary alicyclic amines) is 1. The van der Waals surface area contributed by atoms with Crippen LogP contribution in [-0.4, -0.2) is 49.1 Å². The lowest BCUT2D eigenvalue weighted by Gasteiger charge is -2.45. The van der Waals surface area contributed by atoms with Crippen LogP contribution in [0.1, 0.15) is 47.0 Å². The molecule has 0 radical (unpaired) electrons. The summed E-state index contributed by atoms with van der Waals surface area (Å²) in [4.78, 5) is 14.9. The van der Waals surface area contributed by atoms with Gasteiger partial charge in [-0.1, -0.05) is 13.8 Å². The van der Waals surface area contributed by atoms with Crippen molar-refractivity contribution in [3.8, 4) is 0 Å². The van der Waals surface area contributed by atoms with E-state index >= 15 is 0 Å². The van der Waals surface area contributed by atoms with E-state index < -0.39 is 0 Å². The van der Waals surface area contributed by atoms with E-state index in [9.17, 15) is 4.79 Å². The third-order valence-electron chi connectivity index (χ3n) is 5.13. The van der Waals surface area contributed by atoms with Gasteiger partial charge in [-0.15, -0.1) is 0 Å². The Labute approximate surface area is 130 Å². The van der Waals surface area contributed by atoms with Gasteiger partial charge in [-0.2, -0.15) is 0 Å². The van der Waals surface area contributed by atoms with Gasteiger partial charge in [-0.05, 0) is 58.0 Å². The fourth-order valence-electron chi connectivity index (χ4n) is 3.80. The first-order valence-corrected chi connectivity index (χ1v) is 8.62. The normalized spacial score (nSPS) is 29.3. The maximum Gasteiger partial charge on any atom is 0.223 e. The minimum Gasteiger partial charge on any atom is -0.354 e. The van der Waals surface area contributed by atoms with Crippen molar-refractivity contribution in [2.45, 2.75) is 52.5 Å². The number of carbonyl (C=O) groups is 1. The lowest BCUT2D eigenvalue weighted by molar-refractivity contribution is -0.126. The van der Waals surface area contributed by atoms with E-state index in [0.29, 0.717) is 0 Å². The summed E-state index contributed by atoms with van der Waals surface area (Å²) in [5.74, 6) is 1.98. The van der Waals surface area contributed by atoms with Crippen molar-refractivity contribution in [1.82, 2.24) is 15.5 Å². The Balaban J connectivity index is 1.83. The summed E-state index contributed by atoms with van der Waals surface area (Å²) >= 11 is 0. The van der Waals surface area contributed by atoms with Crippen molar-refractivity contribution in [2.75, 3.05) is 32.7 Å². The van der Waals surface area contributed by atoms with Gasteiger partial charge >= 0.3 is 0 Å². The van der Waals surface area contributed by atoms with E-state index in [0.717, 1.165) is 57.4 Å². The van der Waals surface area contributed by atoms with Gasteiger partial charge in [-0.25, -0.2) is 0 Å². The summed E-state index contributed by atoms with van der Waals surface area (Å²) < 4.78 is 0. The first kappa shape index (κ1) is 16.8. The predicted molar refractivity (Wildman–Crippen MR) is 87.2 cm³/mol. The van der Waals surface area contributed by atoms with Crippen LogP contribution in [0.4, 0.5) is 0 Å². The summed E-state index contributed by atoms with van der Waals surface area (Å²) in [6.07, 6.45) is 3.28. The molecule has 0 aromatic carbocycles. The minimum atomic E-state index is 0.0471. The van der Waals surface area contributed by atoms with Crippen LogP contribution in [-0.2, 0) is 4.79 Å². The van der Waals surface area contributed by atoms with E-state index in [2.05, 4.69) is 43.2 Å². The first-order chi connectivity index (χ1) is 9.88. The van der Waals surface area contributed by atoms with E-state index in [1.165, 1.54) is 6.42 Å². The lowest BCUT2D eigenvalue weighted by Crippen LogP contribution is -2.56. The van der Waals surface area contributed by atoms with Crippen LogP contribution in [0, 0.1) is 17.8 Å². The van der Waals surface area contributed by atoms with Gasteiger partial charge in [0.05, 0.1) is 0 Å². The number of nitrogens with one attached hydrogen (secondary N) is 2. The summed E-state index contributed by atoms with van der Waals surface area (Å²) in [6.45, 7) is 14.2. The highest BCUT2D eigenvalue weighted by molar-refractivity contribution is 5.78. The molecule has 2 heterocycles. The third-order valence-corrected chi connectivity index (χ3v) is 5.13. The van der Waals surface area contributed by atoms with Crippen LogP contribution in [0.15, 0.2) is 0 Å². The number of rotatable bonds is 4. The number of carbonyl (C=O) groups excluding carboxylic acids is 1. The molecular weight excluding hydrogens is 262 g/mol. The van der Waals surface area contributed by atoms with Crippen molar-refractivity contribution in [1.29, 1.82) is 0 Å². The molecule has 122 valence electrons. The van der Waals surface area contributed by atoms with Crippen molar-refractivity contribution in [3.05, 3.63) is 0 Å². The van der Waals surface area contributed by atoms with Crippen LogP contribution in [0.5, 0.6) is 0 Å². The molecule has 0 aliphatic carbocycles. The molecule has 2 unspecified atom stereocenters. The first-order valence-electron chi connectivity index (χ1n) is 8.62. The second-order valence-corrected chi connectivity index (χ2v) is 7.91. The lowest BCUT2D eigenvalue weighted by atomic mass is 9.88. The minimum absolute atomic E-state index is 0.0471. The average Bonchev–Trinajstić information content (AvgIpc) is 2.45. The fraction of sp³-hybridized carbons (Fsp3) is 0.941. The van der Waals surface area contributed by atoms with Crippen LogP contribution in [0.25, 0.3) is 0 Å². The summed E-state index contributed by atoms with van der Waals surface area (Å²) in [5, 5.41) is 6.53. The Morgan fingerprint density at radius 1 is 1.19 bits per heavy atom. The zero-order chi connectivity index (χ0) is 15.5. The number of piperidine rings is 2. The van der Waals surface area contributed by atoms with Crippen LogP contribution in [0.2, 0.25) is 0 Å². The molecular formula is C17H33N3O.